The molecule has 0 N–H and O–H groups in total. The molecular formula is C18H24INO. The highest BCUT2D eigenvalue weighted by Gasteiger charge is 2.14. The van der Waals surface area contributed by atoms with Crippen LogP contribution in [0.2, 0.25) is 0 Å². The molecule has 0 aliphatic rings. The van der Waals surface area contributed by atoms with Gasteiger partial charge >= 0.3 is 0 Å². The molecule has 1 heterocycles. The number of benzene rings is 1. The van der Waals surface area contributed by atoms with E-state index in [-0.39, 0.29) is 29.4 Å². The summed E-state index contributed by atoms with van der Waals surface area (Å²) in [6.45, 7) is 10.3. The monoisotopic (exact) mass is 397 g/mol. The van der Waals surface area contributed by atoms with Crippen LogP contribution in [0.3, 0.4) is 0 Å². The first-order valence-corrected chi connectivity index (χ1v) is 7.14. The van der Waals surface area contributed by atoms with Gasteiger partial charge < -0.3 is 28.7 Å². The minimum atomic E-state index is 0. The Morgan fingerprint density at radius 1 is 1.05 bits per heavy atom. The fraction of sp³-hybridized carbons (Fsp3) is 0.389. The highest BCUT2D eigenvalue weighted by Crippen LogP contribution is 2.20. The van der Waals surface area contributed by atoms with E-state index in [1.165, 1.54) is 11.1 Å². The topological polar surface area (TPSA) is 13.1 Å². The second kappa shape index (κ2) is 7.78. The van der Waals surface area contributed by atoms with Gasteiger partial charge in [-0.2, -0.15) is 0 Å². The maximum atomic E-state index is 5.77. The largest absolute Gasteiger partial charge is 1.00 e. The number of aromatic nitrogens is 1. The maximum Gasteiger partial charge on any atom is 0.182 e. The molecule has 0 saturated carbocycles. The molecule has 1 aromatic heterocycles. The molecule has 114 valence electrons. The normalized spacial score (nSPS) is 10.9. The van der Waals surface area contributed by atoms with Crippen molar-refractivity contribution in [3.63, 3.8) is 0 Å². The quantitative estimate of drug-likeness (QED) is 0.546. The molecule has 2 aromatic rings. The molecule has 0 bridgehead atoms. The van der Waals surface area contributed by atoms with E-state index in [2.05, 4.69) is 68.9 Å². The van der Waals surface area contributed by atoms with Crippen molar-refractivity contribution in [1.29, 1.82) is 0 Å². The van der Waals surface area contributed by atoms with Crippen LogP contribution in [0.4, 0.5) is 0 Å². The molecule has 21 heavy (non-hydrogen) atoms. The van der Waals surface area contributed by atoms with Crippen molar-refractivity contribution in [2.45, 2.75) is 39.7 Å². The smallest absolute Gasteiger partial charge is 0.182 e. The number of nitrogens with zero attached hydrogens (tertiary/aromatic N) is 1. The van der Waals surface area contributed by atoms with Crippen LogP contribution in [0.5, 0.6) is 5.75 Å². The average molecular weight is 397 g/mol. The Morgan fingerprint density at radius 2 is 1.71 bits per heavy atom. The summed E-state index contributed by atoms with van der Waals surface area (Å²) >= 11 is 0. The van der Waals surface area contributed by atoms with Gasteiger partial charge in [0.25, 0.3) is 0 Å². The Hall–Kier alpha value is -1.10. The lowest BCUT2D eigenvalue weighted by atomic mass is 9.88. The Balaban J connectivity index is 0.00000220. The Morgan fingerprint density at radius 3 is 2.29 bits per heavy atom. The van der Waals surface area contributed by atoms with Gasteiger partial charge in [0.05, 0.1) is 0 Å². The molecule has 0 unspecified atom stereocenters. The third-order valence-electron chi connectivity index (χ3n) is 3.36. The van der Waals surface area contributed by atoms with Crippen molar-refractivity contribution in [3.05, 3.63) is 59.9 Å². The van der Waals surface area contributed by atoms with Crippen molar-refractivity contribution >= 4 is 0 Å². The van der Waals surface area contributed by atoms with Crippen molar-refractivity contribution in [2.24, 2.45) is 0 Å². The SMILES string of the molecule is Cc1cccc(OCC[n+]2ccc(C(C)(C)C)cc2)c1.[I-]. The number of ether oxygens (including phenoxy) is 1. The van der Waals surface area contributed by atoms with Crippen LogP contribution < -0.4 is 33.3 Å². The molecule has 0 aliphatic heterocycles. The Labute approximate surface area is 145 Å². The zero-order chi connectivity index (χ0) is 14.6. The van der Waals surface area contributed by atoms with Crippen molar-refractivity contribution in [1.82, 2.24) is 0 Å². The summed E-state index contributed by atoms with van der Waals surface area (Å²) in [6.07, 6.45) is 4.25. The predicted octanol–water partition coefficient (Wildman–Crippen LogP) is 0.663. The van der Waals surface area contributed by atoms with Crippen LogP contribution in [0.1, 0.15) is 31.9 Å². The summed E-state index contributed by atoms with van der Waals surface area (Å²) in [6, 6.07) is 12.5. The first kappa shape index (κ1) is 18.0. The van der Waals surface area contributed by atoms with E-state index in [9.17, 15) is 0 Å². The zero-order valence-corrected chi connectivity index (χ0v) is 15.4. The van der Waals surface area contributed by atoms with Gasteiger partial charge in [-0.05, 0) is 35.6 Å². The number of hydrogen-bond donors (Lipinski definition) is 0. The predicted molar refractivity (Wildman–Crippen MR) is 82.0 cm³/mol. The lowest BCUT2D eigenvalue weighted by Gasteiger charge is -2.17. The molecule has 0 amide bonds. The summed E-state index contributed by atoms with van der Waals surface area (Å²) in [5.41, 5.74) is 2.79. The molecule has 0 saturated heterocycles. The maximum absolute atomic E-state index is 5.77. The number of rotatable bonds is 4. The summed E-state index contributed by atoms with van der Waals surface area (Å²) < 4.78 is 7.93. The molecule has 0 radical (unpaired) electrons. The fourth-order valence-corrected chi connectivity index (χ4v) is 2.08. The van der Waals surface area contributed by atoms with Gasteiger partial charge in [-0.1, -0.05) is 32.9 Å². The minimum Gasteiger partial charge on any atom is -1.00 e. The van der Waals surface area contributed by atoms with E-state index in [1.54, 1.807) is 0 Å². The zero-order valence-electron chi connectivity index (χ0n) is 13.3. The van der Waals surface area contributed by atoms with Crippen LogP contribution in [0, 0.1) is 6.92 Å². The van der Waals surface area contributed by atoms with Gasteiger partial charge in [-0.3, -0.25) is 0 Å². The number of halogens is 1. The third-order valence-corrected chi connectivity index (χ3v) is 3.36. The molecule has 2 nitrogen and oxygen atoms in total. The average Bonchev–Trinajstić information content (AvgIpc) is 2.38. The van der Waals surface area contributed by atoms with Crippen LogP contribution in [-0.2, 0) is 12.0 Å². The van der Waals surface area contributed by atoms with Crippen LogP contribution in [0.15, 0.2) is 48.8 Å². The highest BCUT2D eigenvalue weighted by atomic mass is 127. The van der Waals surface area contributed by atoms with Gasteiger partial charge in [-0.25, -0.2) is 4.57 Å². The van der Waals surface area contributed by atoms with Gasteiger partial charge in [0.15, 0.2) is 18.9 Å². The molecule has 0 fully saturated rings. The van der Waals surface area contributed by atoms with Crippen molar-refractivity contribution < 1.29 is 33.3 Å². The molecule has 3 heteroatoms. The lowest BCUT2D eigenvalue weighted by molar-refractivity contribution is -0.697. The van der Waals surface area contributed by atoms with E-state index in [4.69, 9.17) is 4.74 Å². The van der Waals surface area contributed by atoms with E-state index >= 15 is 0 Å². The standard InChI is InChI=1S/C18H24NO.HI/c1-15-6-5-7-17(14-15)20-13-12-19-10-8-16(9-11-19)18(2,3)4;/h5-11,14H,12-13H2,1-4H3;1H/q+1;/p-1. The Bertz CT molecular complexity index is 558. The van der Waals surface area contributed by atoms with E-state index in [0.29, 0.717) is 6.61 Å². The number of hydrogen-bond acceptors (Lipinski definition) is 1. The lowest BCUT2D eigenvalue weighted by Crippen LogP contribution is -3.00. The van der Waals surface area contributed by atoms with Gasteiger partial charge in [0.1, 0.15) is 12.4 Å². The van der Waals surface area contributed by atoms with E-state index in [1.807, 2.05) is 12.1 Å². The van der Waals surface area contributed by atoms with E-state index < -0.39 is 0 Å². The summed E-state index contributed by atoms with van der Waals surface area (Å²) in [5.74, 6) is 0.942. The number of pyridine rings is 1. The van der Waals surface area contributed by atoms with Crippen molar-refractivity contribution in [2.75, 3.05) is 6.61 Å². The summed E-state index contributed by atoms with van der Waals surface area (Å²) in [4.78, 5) is 0. The van der Waals surface area contributed by atoms with Gasteiger partial charge in [0.2, 0.25) is 0 Å². The summed E-state index contributed by atoms with van der Waals surface area (Å²) in [7, 11) is 0. The second-order valence-corrected chi connectivity index (χ2v) is 6.24. The second-order valence-electron chi connectivity index (χ2n) is 6.24. The van der Waals surface area contributed by atoms with Crippen LogP contribution in [-0.4, -0.2) is 6.61 Å². The number of aryl methyl sites for hydroxylation is 1. The Kier molecular flexibility index (Phi) is 6.65. The first-order chi connectivity index (χ1) is 9.45. The molecule has 2 rings (SSSR count). The van der Waals surface area contributed by atoms with Crippen LogP contribution in [0.25, 0.3) is 0 Å². The fourth-order valence-electron chi connectivity index (χ4n) is 2.08. The summed E-state index contributed by atoms with van der Waals surface area (Å²) in [5, 5.41) is 0. The highest BCUT2D eigenvalue weighted by molar-refractivity contribution is 5.27. The molecule has 1 aromatic carbocycles. The molecular weight excluding hydrogens is 373 g/mol. The van der Waals surface area contributed by atoms with E-state index in [0.717, 1.165) is 12.3 Å². The third kappa shape index (κ3) is 5.65. The molecule has 0 spiro atoms. The minimum absolute atomic E-state index is 0. The van der Waals surface area contributed by atoms with Gasteiger partial charge in [-0.15, -0.1) is 0 Å². The first-order valence-electron chi connectivity index (χ1n) is 7.14. The molecule has 0 atom stereocenters. The van der Waals surface area contributed by atoms with Gasteiger partial charge in [0, 0.05) is 12.1 Å². The molecule has 0 aliphatic carbocycles. The van der Waals surface area contributed by atoms with Crippen molar-refractivity contribution in [3.8, 4) is 5.75 Å². The van der Waals surface area contributed by atoms with Crippen LogP contribution >= 0.6 is 0 Å².